The Hall–Kier alpha value is -1.30. The van der Waals surface area contributed by atoms with E-state index in [9.17, 15) is 9.59 Å². The van der Waals surface area contributed by atoms with Crippen molar-refractivity contribution in [1.29, 1.82) is 0 Å². The molecule has 1 unspecified atom stereocenters. The number of aliphatic carboxylic acids is 1. The second-order valence-electron chi connectivity index (χ2n) is 5.96. The Balaban J connectivity index is 1.81. The summed E-state index contributed by atoms with van der Waals surface area (Å²) in [6.45, 7) is 4.99. The monoisotopic (exact) mass is 283 g/mol. The van der Waals surface area contributed by atoms with Crippen LogP contribution in [-0.2, 0) is 4.79 Å². The Morgan fingerprint density at radius 1 is 1.10 bits per heavy atom. The molecule has 2 saturated heterocycles. The van der Waals surface area contributed by atoms with Crippen LogP contribution in [0.25, 0.3) is 0 Å². The number of likely N-dealkylation sites (tertiary alicyclic amines) is 1. The Kier molecular flexibility index (Phi) is 5.23. The molecule has 2 heterocycles. The van der Waals surface area contributed by atoms with Gasteiger partial charge in [-0.25, -0.2) is 4.79 Å². The number of piperidine rings is 1. The van der Waals surface area contributed by atoms with Gasteiger partial charge in [-0.1, -0.05) is 0 Å². The summed E-state index contributed by atoms with van der Waals surface area (Å²) in [5.41, 5.74) is 0. The zero-order valence-electron chi connectivity index (χ0n) is 12.3. The number of rotatable bonds is 3. The van der Waals surface area contributed by atoms with Gasteiger partial charge in [0.25, 0.3) is 0 Å². The Labute approximate surface area is 120 Å². The molecule has 0 saturated carbocycles. The minimum absolute atomic E-state index is 0.137. The van der Waals surface area contributed by atoms with Crippen molar-refractivity contribution in [3.05, 3.63) is 0 Å². The van der Waals surface area contributed by atoms with E-state index < -0.39 is 5.97 Å². The SMILES string of the molecule is CN1CCN(C(=O)N2CCCC(CCC(=O)O)C2)CC1. The van der Waals surface area contributed by atoms with Gasteiger partial charge in [-0.3, -0.25) is 4.79 Å². The van der Waals surface area contributed by atoms with Crippen LogP contribution in [0.5, 0.6) is 0 Å². The normalized spacial score (nSPS) is 24.8. The lowest BCUT2D eigenvalue weighted by Gasteiger charge is -2.39. The summed E-state index contributed by atoms with van der Waals surface area (Å²) < 4.78 is 0. The summed E-state index contributed by atoms with van der Waals surface area (Å²) >= 11 is 0. The number of carbonyl (C=O) groups is 2. The van der Waals surface area contributed by atoms with Gasteiger partial charge in [0.1, 0.15) is 0 Å². The number of nitrogens with zero attached hydrogens (tertiary/aromatic N) is 3. The summed E-state index contributed by atoms with van der Waals surface area (Å²) in [5.74, 6) is -0.399. The molecule has 0 bridgehead atoms. The molecular weight excluding hydrogens is 258 g/mol. The van der Waals surface area contributed by atoms with Crippen LogP contribution in [0.15, 0.2) is 0 Å². The van der Waals surface area contributed by atoms with Crippen molar-refractivity contribution < 1.29 is 14.7 Å². The van der Waals surface area contributed by atoms with Crippen molar-refractivity contribution in [3.8, 4) is 0 Å². The van der Waals surface area contributed by atoms with Crippen LogP contribution in [0, 0.1) is 5.92 Å². The predicted octanol–water partition coefficient (Wildman–Crippen LogP) is 0.931. The van der Waals surface area contributed by atoms with E-state index in [1.165, 1.54) is 0 Å². The highest BCUT2D eigenvalue weighted by atomic mass is 16.4. The third-order valence-corrected chi connectivity index (χ3v) is 4.33. The Morgan fingerprint density at radius 3 is 2.45 bits per heavy atom. The number of hydrogen-bond acceptors (Lipinski definition) is 3. The van der Waals surface area contributed by atoms with E-state index in [0.29, 0.717) is 12.3 Å². The first-order valence-electron chi connectivity index (χ1n) is 7.50. The van der Waals surface area contributed by atoms with E-state index in [4.69, 9.17) is 5.11 Å². The summed E-state index contributed by atoms with van der Waals surface area (Å²) in [6.07, 6.45) is 2.92. The molecule has 0 aromatic carbocycles. The van der Waals surface area contributed by atoms with Gasteiger partial charge in [0.2, 0.25) is 0 Å². The smallest absolute Gasteiger partial charge is 0.320 e. The molecule has 114 valence electrons. The van der Waals surface area contributed by atoms with Crippen molar-refractivity contribution >= 4 is 12.0 Å². The van der Waals surface area contributed by atoms with Crippen LogP contribution in [0.4, 0.5) is 4.79 Å². The first-order valence-corrected chi connectivity index (χ1v) is 7.50. The number of carboxylic acids is 1. The molecule has 6 heteroatoms. The summed E-state index contributed by atoms with van der Waals surface area (Å²) in [4.78, 5) is 29.2. The van der Waals surface area contributed by atoms with Gasteiger partial charge in [-0.15, -0.1) is 0 Å². The molecule has 0 radical (unpaired) electrons. The number of piperazine rings is 1. The molecule has 2 rings (SSSR count). The lowest BCUT2D eigenvalue weighted by atomic mass is 9.93. The Bertz CT molecular complexity index is 354. The zero-order valence-corrected chi connectivity index (χ0v) is 12.3. The van der Waals surface area contributed by atoms with E-state index in [-0.39, 0.29) is 12.5 Å². The topological polar surface area (TPSA) is 64.1 Å². The van der Waals surface area contributed by atoms with Gasteiger partial charge >= 0.3 is 12.0 Å². The first kappa shape index (κ1) is 15.1. The predicted molar refractivity (Wildman–Crippen MR) is 75.6 cm³/mol. The third-order valence-electron chi connectivity index (χ3n) is 4.33. The summed E-state index contributed by atoms with van der Waals surface area (Å²) in [6, 6.07) is 0.137. The average molecular weight is 283 g/mol. The van der Waals surface area contributed by atoms with E-state index >= 15 is 0 Å². The molecule has 0 aromatic rings. The van der Waals surface area contributed by atoms with Gasteiger partial charge < -0.3 is 19.8 Å². The van der Waals surface area contributed by atoms with Crippen LogP contribution in [0.3, 0.4) is 0 Å². The lowest BCUT2D eigenvalue weighted by molar-refractivity contribution is -0.137. The third kappa shape index (κ3) is 4.10. The quantitative estimate of drug-likeness (QED) is 0.837. The highest BCUT2D eigenvalue weighted by Crippen LogP contribution is 2.22. The highest BCUT2D eigenvalue weighted by Gasteiger charge is 2.28. The van der Waals surface area contributed by atoms with Crippen molar-refractivity contribution in [2.75, 3.05) is 46.3 Å². The van der Waals surface area contributed by atoms with Crippen molar-refractivity contribution in [2.24, 2.45) is 5.92 Å². The van der Waals surface area contributed by atoms with E-state index in [2.05, 4.69) is 11.9 Å². The molecule has 2 aliphatic rings. The lowest BCUT2D eigenvalue weighted by Crippen LogP contribution is -2.53. The molecule has 6 nitrogen and oxygen atoms in total. The fourth-order valence-electron chi connectivity index (χ4n) is 3.00. The average Bonchev–Trinajstić information content (AvgIpc) is 2.45. The minimum Gasteiger partial charge on any atom is -0.481 e. The molecule has 2 amide bonds. The van der Waals surface area contributed by atoms with Crippen molar-refractivity contribution in [1.82, 2.24) is 14.7 Å². The van der Waals surface area contributed by atoms with Crippen LogP contribution < -0.4 is 0 Å². The number of amides is 2. The molecule has 1 atom stereocenters. The van der Waals surface area contributed by atoms with Gasteiger partial charge in [0.05, 0.1) is 0 Å². The number of urea groups is 1. The second-order valence-corrected chi connectivity index (χ2v) is 5.96. The summed E-state index contributed by atoms with van der Waals surface area (Å²) in [7, 11) is 2.07. The van der Waals surface area contributed by atoms with Crippen molar-refractivity contribution in [3.63, 3.8) is 0 Å². The minimum atomic E-state index is -0.743. The molecule has 2 aliphatic heterocycles. The van der Waals surface area contributed by atoms with Gasteiger partial charge in [0, 0.05) is 45.7 Å². The van der Waals surface area contributed by atoms with Crippen LogP contribution in [-0.4, -0.2) is 78.1 Å². The maximum atomic E-state index is 12.5. The van der Waals surface area contributed by atoms with Crippen LogP contribution in [0.2, 0.25) is 0 Å². The highest BCUT2D eigenvalue weighted by molar-refractivity contribution is 5.74. The molecule has 1 N–H and O–H groups in total. The molecule has 0 spiro atoms. The van der Waals surface area contributed by atoms with E-state index in [1.807, 2.05) is 9.80 Å². The molecule has 20 heavy (non-hydrogen) atoms. The number of carbonyl (C=O) groups excluding carboxylic acids is 1. The number of hydrogen-bond donors (Lipinski definition) is 1. The van der Waals surface area contributed by atoms with E-state index in [0.717, 1.165) is 52.1 Å². The fourth-order valence-corrected chi connectivity index (χ4v) is 3.00. The fraction of sp³-hybridized carbons (Fsp3) is 0.857. The van der Waals surface area contributed by atoms with Gasteiger partial charge in [-0.05, 0) is 32.2 Å². The number of carboxylic acid groups (broad SMARTS) is 1. The Morgan fingerprint density at radius 2 is 1.80 bits per heavy atom. The van der Waals surface area contributed by atoms with Crippen LogP contribution >= 0.6 is 0 Å². The largest absolute Gasteiger partial charge is 0.481 e. The maximum absolute atomic E-state index is 12.5. The van der Waals surface area contributed by atoms with Crippen LogP contribution in [0.1, 0.15) is 25.7 Å². The van der Waals surface area contributed by atoms with Crippen molar-refractivity contribution in [2.45, 2.75) is 25.7 Å². The second kappa shape index (κ2) is 6.92. The van der Waals surface area contributed by atoms with Gasteiger partial charge in [-0.2, -0.15) is 0 Å². The maximum Gasteiger partial charge on any atom is 0.320 e. The molecular formula is C14H25N3O3. The van der Waals surface area contributed by atoms with Gasteiger partial charge in [0.15, 0.2) is 0 Å². The number of likely N-dealkylation sites (N-methyl/N-ethyl adjacent to an activating group) is 1. The van der Waals surface area contributed by atoms with E-state index in [1.54, 1.807) is 0 Å². The standard InChI is InChI=1S/C14H25N3O3/c1-15-7-9-16(10-8-15)14(20)17-6-2-3-12(11-17)4-5-13(18)19/h12H,2-11H2,1H3,(H,18,19). The zero-order chi connectivity index (χ0) is 14.5. The molecule has 0 aromatic heterocycles. The molecule has 0 aliphatic carbocycles. The molecule has 2 fully saturated rings. The first-order chi connectivity index (χ1) is 9.56. The summed E-state index contributed by atoms with van der Waals surface area (Å²) in [5, 5.41) is 8.75.